The van der Waals surface area contributed by atoms with Gasteiger partial charge < -0.3 is 10.4 Å². The standard InChI is InChI=1S/C19H16N6O2/c1-25-9-11(7-21-25)16-17-14(8-20-19(24-17)22-12-3-4-12)13-5-2-10(18(26)27)6-15(13)23-16/h2,5-9,12H,3-4H2,1H3,(H,26,27)(H,20,22,24). The van der Waals surface area contributed by atoms with Crippen molar-refractivity contribution in [2.24, 2.45) is 7.05 Å². The summed E-state index contributed by atoms with van der Waals surface area (Å²) in [6.07, 6.45) is 7.63. The second-order valence-corrected chi connectivity index (χ2v) is 6.77. The minimum atomic E-state index is -0.984. The maximum absolute atomic E-state index is 11.3. The average Bonchev–Trinajstić information content (AvgIpc) is 3.37. The normalized spacial score (nSPS) is 14.0. The number of carbonyl (C=O) groups is 1. The fraction of sp³-hybridized carbons (Fsp3) is 0.211. The highest BCUT2D eigenvalue weighted by Gasteiger charge is 2.23. The first kappa shape index (κ1) is 15.7. The van der Waals surface area contributed by atoms with Gasteiger partial charge in [-0.25, -0.2) is 19.7 Å². The molecule has 4 aromatic rings. The topological polar surface area (TPSA) is 106 Å². The lowest BCUT2D eigenvalue weighted by atomic mass is 10.0. The van der Waals surface area contributed by atoms with Gasteiger partial charge in [-0.2, -0.15) is 5.10 Å². The summed E-state index contributed by atoms with van der Waals surface area (Å²) in [4.78, 5) is 25.2. The summed E-state index contributed by atoms with van der Waals surface area (Å²) in [5.41, 5.74) is 2.99. The number of carboxylic acids is 1. The molecule has 1 saturated carbocycles. The van der Waals surface area contributed by atoms with Crippen molar-refractivity contribution in [3.63, 3.8) is 0 Å². The van der Waals surface area contributed by atoms with E-state index in [-0.39, 0.29) is 5.56 Å². The van der Waals surface area contributed by atoms with Gasteiger partial charge in [0, 0.05) is 41.8 Å². The Hall–Kier alpha value is -3.55. The van der Waals surface area contributed by atoms with Crippen LogP contribution in [0.1, 0.15) is 23.2 Å². The second-order valence-electron chi connectivity index (χ2n) is 6.77. The Morgan fingerprint density at radius 3 is 2.78 bits per heavy atom. The lowest BCUT2D eigenvalue weighted by Gasteiger charge is -2.10. The number of nitrogens with zero attached hydrogens (tertiary/aromatic N) is 5. The number of benzene rings is 1. The second kappa shape index (κ2) is 5.73. The monoisotopic (exact) mass is 360 g/mol. The van der Waals surface area contributed by atoms with Crippen molar-refractivity contribution in [3.05, 3.63) is 42.4 Å². The van der Waals surface area contributed by atoms with E-state index in [1.807, 2.05) is 13.2 Å². The fourth-order valence-electron chi connectivity index (χ4n) is 3.14. The number of carboxylic acid groups (broad SMARTS) is 1. The maximum atomic E-state index is 11.3. The molecule has 0 saturated heterocycles. The van der Waals surface area contributed by atoms with Crippen molar-refractivity contribution >= 4 is 33.7 Å². The molecule has 3 aromatic heterocycles. The van der Waals surface area contributed by atoms with Crippen molar-refractivity contribution in [3.8, 4) is 11.3 Å². The van der Waals surface area contributed by atoms with Crippen LogP contribution in [0.15, 0.2) is 36.8 Å². The maximum Gasteiger partial charge on any atom is 0.335 e. The molecule has 0 radical (unpaired) electrons. The number of rotatable bonds is 4. The summed E-state index contributed by atoms with van der Waals surface area (Å²) in [5.74, 6) is -0.402. The predicted molar refractivity (Wildman–Crippen MR) is 101 cm³/mol. The lowest BCUT2D eigenvalue weighted by molar-refractivity contribution is 0.0697. The van der Waals surface area contributed by atoms with Crippen LogP contribution in [-0.2, 0) is 7.05 Å². The summed E-state index contributed by atoms with van der Waals surface area (Å²) in [6.45, 7) is 0. The van der Waals surface area contributed by atoms with Gasteiger partial charge in [0.05, 0.1) is 17.3 Å². The van der Waals surface area contributed by atoms with Gasteiger partial charge in [0.2, 0.25) is 5.95 Å². The molecule has 2 N–H and O–H groups in total. The number of fused-ring (bicyclic) bond motifs is 3. The van der Waals surface area contributed by atoms with Gasteiger partial charge in [-0.3, -0.25) is 4.68 Å². The molecule has 1 aliphatic rings. The zero-order valence-corrected chi connectivity index (χ0v) is 14.5. The molecule has 0 spiro atoms. The molecule has 134 valence electrons. The van der Waals surface area contributed by atoms with Crippen molar-refractivity contribution in [1.82, 2.24) is 24.7 Å². The van der Waals surface area contributed by atoms with Gasteiger partial charge in [-0.15, -0.1) is 0 Å². The van der Waals surface area contributed by atoms with Crippen LogP contribution in [0.5, 0.6) is 0 Å². The van der Waals surface area contributed by atoms with Crippen LogP contribution in [0.4, 0.5) is 5.95 Å². The first-order valence-corrected chi connectivity index (χ1v) is 8.68. The van der Waals surface area contributed by atoms with Gasteiger partial charge in [0.25, 0.3) is 0 Å². The Kier molecular flexibility index (Phi) is 3.33. The van der Waals surface area contributed by atoms with Gasteiger partial charge >= 0.3 is 5.97 Å². The Labute approximate surface area is 153 Å². The van der Waals surface area contributed by atoms with Gasteiger partial charge in [-0.05, 0) is 25.0 Å². The number of hydrogen-bond acceptors (Lipinski definition) is 6. The van der Waals surface area contributed by atoms with Crippen molar-refractivity contribution < 1.29 is 9.90 Å². The number of anilines is 1. The molecule has 1 aromatic carbocycles. The number of nitrogens with one attached hydrogen (secondary N) is 1. The summed E-state index contributed by atoms with van der Waals surface area (Å²) < 4.78 is 1.70. The van der Waals surface area contributed by atoms with Gasteiger partial charge in [-0.1, -0.05) is 6.07 Å². The van der Waals surface area contributed by atoms with E-state index in [0.29, 0.717) is 23.2 Å². The quantitative estimate of drug-likeness (QED) is 0.539. The highest BCUT2D eigenvalue weighted by molar-refractivity contribution is 6.10. The van der Waals surface area contributed by atoms with Crippen LogP contribution >= 0.6 is 0 Å². The van der Waals surface area contributed by atoms with Crippen LogP contribution < -0.4 is 5.32 Å². The molecule has 1 aliphatic carbocycles. The predicted octanol–water partition coefficient (Wildman–Crippen LogP) is 2.85. The Bertz CT molecular complexity index is 1210. The molecule has 1 fully saturated rings. The Balaban J connectivity index is 1.80. The van der Waals surface area contributed by atoms with Crippen molar-refractivity contribution in [2.45, 2.75) is 18.9 Å². The third-order valence-corrected chi connectivity index (χ3v) is 4.67. The zero-order valence-electron chi connectivity index (χ0n) is 14.5. The molecule has 0 bridgehead atoms. The molecule has 0 atom stereocenters. The van der Waals surface area contributed by atoms with E-state index >= 15 is 0 Å². The van der Waals surface area contributed by atoms with Crippen molar-refractivity contribution in [1.29, 1.82) is 0 Å². The van der Waals surface area contributed by atoms with Crippen LogP contribution in [0.25, 0.3) is 33.1 Å². The van der Waals surface area contributed by atoms with Crippen molar-refractivity contribution in [2.75, 3.05) is 5.32 Å². The van der Waals surface area contributed by atoms with E-state index in [1.165, 1.54) is 0 Å². The summed E-state index contributed by atoms with van der Waals surface area (Å²) >= 11 is 0. The van der Waals surface area contributed by atoms with Crippen LogP contribution in [0.3, 0.4) is 0 Å². The summed E-state index contributed by atoms with van der Waals surface area (Å²) in [6, 6.07) is 5.35. The molecular formula is C19H16N6O2. The molecule has 0 amide bonds. The number of hydrogen-bond donors (Lipinski definition) is 2. The Morgan fingerprint density at radius 2 is 2.07 bits per heavy atom. The van der Waals surface area contributed by atoms with E-state index in [2.05, 4.69) is 15.4 Å². The van der Waals surface area contributed by atoms with Gasteiger partial charge in [0.1, 0.15) is 11.2 Å². The molecule has 3 heterocycles. The molecule has 8 heteroatoms. The number of aryl methyl sites for hydroxylation is 1. The molecule has 8 nitrogen and oxygen atoms in total. The number of aromatic carboxylic acids is 1. The smallest absolute Gasteiger partial charge is 0.335 e. The largest absolute Gasteiger partial charge is 0.478 e. The van der Waals surface area contributed by atoms with E-state index in [4.69, 9.17) is 9.97 Å². The molecule has 0 aliphatic heterocycles. The third kappa shape index (κ3) is 2.75. The van der Waals surface area contributed by atoms with E-state index < -0.39 is 5.97 Å². The minimum Gasteiger partial charge on any atom is -0.478 e. The van der Waals surface area contributed by atoms with E-state index in [0.717, 1.165) is 34.7 Å². The molecular weight excluding hydrogens is 344 g/mol. The summed E-state index contributed by atoms with van der Waals surface area (Å²) in [5, 5.41) is 18.5. The molecule has 5 rings (SSSR count). The average molecular weight is 360 g/mol. The lowest BCUT2D eigenvalue weighted by Crippen LogP contribution is -2.06. The number of aromatic nitrogens is 5. The highest BCUT2D eigenvalue weighted by atomic mass is 16.4. The zero-order chi connectivity index (χ0) is 18.5. The Morgan fingerprint density at radius 1 is 1.22 bits per heavy atom. The van der Waals surface area contributed by atoms with Crippen LogP contribution in [0, 0.1) is 0 Å². The number of pyridine rings is 1. The third-order valence-electron chi connectivity index (χ3n) is 4.67. The minimum absolute atomic E-state index is 0.194. The molecule has 0 unspecified atom stereocenters. The fourth-order valence-corrected chi connectivity index (χ4v) is 3.14. The van der Waals surface area contributed by atoms with Crippen LogP contribution in [0.2, 0.25) is 0 Å². The first-order chi connectivity index (χ1) is 13.1. The molecule has 27 heavy (non-hydrogen) atoms. The highest BCUT2D eigenvalue weighted by Crippen LogP contribution is 2.32. The van der Waals surface area contributed by atoms with Gasteiger partial charge in [0.15, 0.2) is 0 Å². The van der Waals surface area contributed by atoms with Crippen LogP contribution in [-0.4, -0.2) is 41.9 Å². The van der Waals surface area contributed by atoms with E-state index in [1.54, 1.807) is 35.3 Å². The first-order valence-electron chi connectivity index (χ1n) is 8.68. The van der Waals surface area contributed by atoms with E-state index in [9.17, 15) is 9.90 Å². The summed E-state index contributed by atoms with van der Waals surface area (Å²) in [7, 11) is 1.84. The SMILES string of the molecule is Cn1cc(-c2nc3cc(C(=O)O)ccc3c3cnc(NC4CC4)nc23)cn1.